The van der Waals surface area contributed by atoms with Crippen LogP contribution in [0.15, 0.2) is 53.4 Å². The maximum absolute atomic E-state index is 12.4. The van der Waals surface area contributed by atoms with Gasteiger partial charge in [-0.25, -0.2) is 12.7 Å². The van der Waals surface area contributed by atoms with E-state index in [9.17, 15) is 22.8 Å². The molecule has 1 heterocycles. The first-order valence-electron chi connectivity index (χ1n) is 8.47. The molecule has 0 atom stereocenters. The van der Waals surface area contributed by atoms with E-state index in [-0.39, 0.29) is 30.2 Å². The highest BCUT2D eigenvalue weighted by Crippen LogP contribution is 2.29. The Hall–Kier alpha value is -3.20. The fraction of sp³-hybridized carbons (Fsp3) is 0.211. The largest absolute Gasteiger partial charge is 0.462 e. The number of sulfonamides is 1. The van der Waals surface area contributed by atoms with Crippen molar-refractivity contribution in [2.45, 2.75) is 11.8 Å². The maximum atomic E-state index is 12.4. The maximum Gasteiger partial charge on any atom is 0.325 e. The molecule has 146 valence electrons. The highest BCUT2D eigenvalue weighted by atomic mass is 32.2. The Bertz CT molecular complexity index is 1050. The molecule has 0 aliphatic carbocycles. The monoisotopic (exact) mass is 402 g/mol. The van der Waals surface area contributed by atoms with Crippen molar-refractivity contribution in [3.63, 3.8) is 0 Å². The number of carbonyl (C=O) groups excluding carboxylic acids is 3. The van der Waals surface area contributed by atoms with Crippen molar-refractivity contribution in [3.05, 3.63) is 65.2 Å². The predicted octanol–water partition coefficient (Wildman–Crippen LogP) is 1.11. The standard InChI is InChI=1S/C19H18N2O6S/c1-13-5-4-6-14(11-13)18(23)20-12-17(22)27-10-9-21-19(24)15-7-2-3-8-16(15)28(21,25)26/h2-8,11H,9-10,12H2,1H3,(H,20,23). The number of nitrogens with zero attached hydrogens (tertiary/aromatic N) is 1. The van der Waals surface area contributed by atoms with Gasteiger partial charge in [-0.05, 0) is 31.2 Å². The van der Waals surface area contributed by atoms with Gasteiger partial charge in [0.25, 0.3) is 21.8 Å². The van der Waals surface area contributed by atoms with Gasteiger partial charge in [0.15, 0.2) is 0 Å². The second kappa shape index (κ2) is 7.81. The van der Waals surface area contributed by atoms with Crippen LogP contribution in [-0.2, 0) is 19.6 Å². The molecule has 9 heteroatoms. The smallest absolute Gasteiger partial charge is 0.325 e. The van der Waals surface area contributed by atoms with E-state index < -0.39 is 27.8 Å². The summed E-state index contributed by atoms with van der Waals surface area (Å²) >= 11 is 0. The summed E-state index contributed by atoms with van der Waals surface area (Å²) in [7, 11) is -3.94. The van der Waals surface area contributed by atoms with Crippen LogP contribution in [0.2, 0.25) is 0 Å². The van der Waals surface area contributed by atoms with Crippen LogP contribution in [0.5, 0.6) is 0 Å². The van der Waals surface area contributed by atoms with E-state index in [1.807, 2.05) is 13.0 Å². The molecule has 0 unspecified atom stereocenters. The average molecular weight is 402 g/mol. The minimum absolute atomic E-state index is 0.0586. The lowest BCUT2D eigenvalue weighted by atomic mass is 10.1. The van der Waals surface area contributed by atoms with Crippen LogP contribution < -0.4 is 5.32 Å². The minimum Gasteiger partial charge on any atom is -0.462 e. The van der Waals surface area contributed by atoms with Gasteiger partial charge in [-0.15, -0.1) is 0 Å². The summed E-state index contributed by atoms with van der Waals surface area (Å²) in [4.78, 5) is 36.0. The predicted molar refractivity (Wildman–Crippen MR) is 99.1 cm³/mol. The molecule has 0 aromatic heterocycles. The van der Waals surface area contributed by atoms with Crippen LogP contribution in [0.4, 0.5) is 0 Å². The van der Waals surface area contributed by atoms with E-state index in [2.05, 4.69) is 5.32 Å². The zero-order valence-corrected chi connectivity index (χ0v) is 15.9. The normalized spacial score (nSPS) is 14.5. The van der Waals surface area contributed by atoms with E-state index in [0.29, 0.717) is 9.87 Å². The van der Waals surface area contributed by atoms with Gasteiger partial charge < -0.3 is 10.1 Å². The van der Waals surface area contributed by atoms with Gasteiger partial charge in [-0.1, -0.05) is 29.8 Å². The zero-order chi connectivity index (χ0) is 20.3. The molecular formula is C19H18N2O6S. The number of nitrogens with one attached hydrogen (secondary N) is 1. The summed E-state index contributed by atoms with van der Waals surface area (Å²) in [5.74, 6) is -1.81. The topological polar surface area (TPSA) is 110 Å². The van der Waals surface area contributed by atoms with E-state index in [1.165, 1.54) is 18.2 Å². The van der Waals surface area contributed by atoms with E-state index >= 15 is 0 Å². The second-order valence-electron chi connectivity index (χ2n) is 6.15. The van der Waals surface area contributed by atoms with Crippen molar-refractivity contribution < 1.29 is 27.5 Å². The van der Waals surface area contributed by atoms with E-state index in [1.54, 1.807) is 24.3 Å². The van der Waals surface area contributed by atoms with E-state index in [4.69, 9.17) is 4.74 Å². The fourth-order valence-corrected chi connectivity index (χ4v) is 4.34. The van der Waals surface area contributed by atoms with Crippen LogP contribution in [-0.4, -0.2) is 50.2 Å². The number of benzene rings is 2. The molecular weight excluding hydrogens is 384 g/mol. The molecule has 2 aromatic carbocycles. The van der Waals surface area contributed by atoms with Crippen LogP contribution in [0.1, 0.15) is 26.3 Å². The number of aryl methyl sites for hydroxylation is 1. The summed E-state index contributed by atoms with van der Waals surface area (Å²) in [6.45, 7) is 0.871. The minimum atomic E-state index is -3.94. The molecule has 28 heavy (non-hydrogen) atoms. The highest BCUT2D eigenvalue weighted by Gasteiger charge is 2.40. The Morgan fingerprint density at radius 2 is 1.86 bits per heavy atom. The van der Waals surface area contributed by atoms with Crippen LogP contribution >= 0.6 is 0 Å². The van der Waals surface area contributed by atoms with Crippen LogP contribution in [0.25, 0.3) is 0 Å². The quantitative estimate of drug-likeness (QED) is 0.725. The molecule has 0 fully saturated rings. The third-order valence-electron chi connectivity index (χ3n) is 4.14. The fourth-order valence-electron chi connectivity index (χ4n) is 2.79. The number of amides is 2. The molecule has 1 aliphatic heterocycles. The number of ether oxygens (including phenoxy) is 1. The van der Waals surface area contributed by atoms with Crippen LogP contribution in [0.3, 0.4) is 0 Å². The number of esters is 1. The van der Waals surface area contributed by atoms with Crippen molar-refractivity contribution >= 4 is 27.8 Å². The lowest BCUT2D eigenvalue weighted by Gasteiger charge is -2.15. The summed E-state index contributed by atoms with van der Waals surface area (Å²) in [5.41, 5.74) is 1.42. The number of fused-ring (bicyclic) bond motifs is 1. The summed E-state index contributed by atoms with van der Waals surface area (Å²) in [6, 6.07) is 12.8. The first kappa shape index (κ1) is 19.6. The van der Waals surface area contributed by atoms with Gasteiger partial charge in [-0.3, -0.25) is 14.4 Å². The molecule has 0 radical (unpaired) electrons. The Kier molecular flexibility index (Phi) is 5.46. The average Bonchev–Trinajstić information content (AvgIpc) is 2.87. The van der Waals surface area contributed by atoms with Gasteiger partial charge >= 0.3 is 5.97 Å². The van der Waals surface area contributed by atoms with Gasteiger partial charge in [0.1, 0.15) is 18.0 Å². The molecule has 8 nitrogen and oxygen atoms in total. The number of hydrogen-bond acceptors (Lipinski definition) is 6. The molecule has 1 aliphatic rings. The third kappa shape index (κ3) is 3.89. The lowest BCUT2D eigenvalue weighted by Crippen LogP contribution is -2.35. The molecule has 0 bridgehead atoms. The Balaban J connectivity index is 1.50. The van der Waals surface area contributed by atoms with Gasteiger partial charge in [0.2, 0.25) is 0 Å². The molecule has 0 spiro atoms. The highest BCUT2D eigenvalue weighted by molar-refractivity contribution is 7.90. The molecule has 1 N–H and O–H groups in total. The van der Waals surface area contributed by atoms with E-state index in [0.717, 1.165) is 5.56 Å². The van der Waals surface area contributed by atoms with Crippen molar-refractivity contribution in [2.24, 2.45) is 0 Å². The first-order valence-corrected chi connectivity index (χ1v) is 9.91. The molecule has 2 aromatic rings. The number of rotatable bonds is 6. The summed E-state index contributed by atoms with van der Waals surface area (Å²) < 4.78 is 30.4. The SMILES string of the molecule is Cc1cccc(C(=O)NCC(=O)OCCN2C(=O)c3ccccc3S2(=O)=O)c1. The molecule has 0 saturated heterocycles. The van der Waals surface area contributed by atoms with Gasteiger partial charge in [0, 0.05) is 5.56 Å². The summed E-state index contributed by atoms with van der Waals surface area (Å²) in [5, 5.41) is 2.43. The molecule has 3 rings (SSSR count). The van der Waals surface area contributed by atoms with Crippen molar-refractivity contribution in [3.8, 4) is 0 Å². The lowest BCUT2D eigenvalue weighted by molar-refractivity contribution is -0.142. The van der Waals surface area contributed by atoms with Gasteiger partial charge in [-0.2, -0.15) is 0 Å². The molecule has 0 saturated carbocycles. The Morgan fingerprint density at radius 1 is 1.11 bits per heavy atom. The second-order valence-corrected chi connectivity index (χ2v) is 7.98. The first-order chi connectivity index (χ1) is 13.3. The third-order valence-corrected chi connectivity index (χ3v) is 5.98. The summed E-state index contributed by atoms with van der Waals surface area (Å²) in [6.07, 6.45) is 0. The Labute approximate surface area is 162 Å². The molecule has 2 amide bonds. The van der Waals surface area contributed by atoms with Crippen molar-refractivity contribution in [1.29, 1.82) is 0 Å². The number of hydrogen-bond donors (Lipinski definition) is 1. The van der Waals surface area contributed by atoms with Crippen molar-refractivity contribution in [1.82, 2.24) is 9.62 Å². The van der Waals surface area contributed by atoms with Crippen molar-refractivity contribution in [2.75, 3.05) is 19.7 Å². The number of carbonyl (C=O) groups is 3. The van der Waals surface area contributed by atoms with Crippen LogP contribution in [0, 0.1) is 6.92 Å². The zero-order valence-electron chi connectivity index (χ0n) is 15.0. The Morgan fingerprint density at radius 3 is 2.57 bits per heavy atom. The van der Waals surface area contributed by atoms with Gasteiger partial charge in [0.05, 0.1) is 12.1 Å².